The van der Waals surface area contributed by atoms with E-state index in [2.05, 4.69) is 4.72 Å². The number of sulfonamides is 1. The molecule has 100 valence electrons. The summed E-state index contributed by atoms with van der Waals surface area (Å²) >= 11 is 0. The fourth-order valence-corrected chi connectivity index (χ4v) is 2.92. The van der Waals surface area contributed by atoms with Gasteiger partial charge in [0.2, 0.25) is 0 Å². The van der Waals surface area contributed by atoms with Gasteiger partial charge in [-0.15, -0.1) is 0 Å². The quantitative estimate of drug-likeness (QED) is 0.848. The van der Waals surface area contributed by atoms with E-state index in [4.69, 9.17) is 5.73 Å². The predicted molar refractivity (Wildman–Crippen MR) is 72.8 cm³/mol. The van der Waals surface area contributed by atoms with Crippen LogP contribution in [0.5, 0.6) is 0 Å². The molecule has 0 radical (unpaired) electrons. The van der Waals surface area contributed by atoms with E-state index >= 15 is 0 Å². The lowest BCUT2D eigenvalue weighted by atomic mass is 10.2. The Balaban J connectivity index is 2.46. The third-order valence-corrected chi connectivity index (χ3v) is 3.94. The van der Waals surface area contributed by atoms with Gasteiger partial charge >= 0.3 is 0 Å². The van der Waals surface area contributed by atoms with Crippen molar-refractivity contribution in [2.75, 3.05) is 10.5 Å². The van der Waals surface area contributed by atoms with E-state index in [0.29, 0.717) is 5.69 Å². The number of nitrogen functional groups attached to an aromatic ring is 1. The van der Waals surface area contributed by atoms with Crippen LogP contribution < -0.4 is 10.5 Å². The molecule has 0 bridgehead atoms. The summed E-state index contributed by atoms with van der Waals surface area (Å²) in [4.78, 5) is -0.450. The van der Waals surface area contributed by atoms with E-state index in [0.717, 1.165) is 6.07 Å². The molecule has 0 saturated heterocycles. The highest BCUT2D eigenvalue weighted by Crippen LogP contribution is 2.23. The Kier molecular flexibility index (Phi) is 3.44. The highest BCUT2D eigenvalue weighted by Gasteiger charge is 2.21. The van der Waals surface area contributed by atoms with Crippen molar-refractivity contribution in [3.8, 4) is 0 Å². The molecule has 3 N–H and O–H groups in total. The number of nitrogens with two attached hydrogens (primary N) is 1. The number of hydrogen-bond donors (Lipinski definition) is 2. The van der Waals surface area contributed by atoms with E-state index in [1.54, 1.807) is 30.3 Å². The van der Waals surface area contributed by atoms with Gasteiger partial charge in [-0.05, 0) is 36.8 Å². The molecule has 4 nitrogen and oxygen atoms in total. The molecule has 6 heteroatoms. The first-order valence-electron chi connectivity index (χ1n) is 5.53. The van der Waals surface area contributed by atoms with Crippen molar-refractivity contribution in [3.63, 3.8) is 0 Å². The molecule has 0 fully saturated rings. The molecule has 0 aliphatic carbocycles. The summed E-state index contributed by atoms with van der Waals surface area (Å²) < 4.78 is 40.5. The van der Waals surface area contributed by atoms with E-state index < -0.39 is 20.7 Å². The van der Waals surface area contributed by atoms with Gasteiger partial charge in [0.1, 0.15) is 10.7 Å². The molecular formula is C13H13FN2O2S. The van der Waals surface area contributed by atoms with Crippen molar-refractivity contribution in [1.29, 1.82) is 0 Å². The number of halogens is 1. The van der Waals surface area contributed by atoms with Crippen LogP contribution in [-0.4, -0.2) is 8.42 Å². The Morgan fingerprint density at radius 1 is 1.16 bits per heavy atom. The summed E-state index contributed by atoms with van der Waals surface area (Å²) in [7, 11) is -3.99. The number of rotatable bonds is 3. The molecule has 0 aliphatic rings. The summed E-state index contributed by atoms with van der Waals surface area (Å²) in [6, 6.07) is 10.8. The van der Waals surface area contributed by atoms with Gasteiger partial charge in [-0.25, -0.2) is 12.8 Å². The molecule has 19 heavy (non-hydrogen) atoms. The second kappa shape index (κ2) is 4.89. The Hall–Kier alpha value is -2.08. The van der Waals surface area contributed by atoms with Crippen LogP contribution in [0.3, 0.4) is 0 Å². The SMILES string of the molecule is Cc1cc(N)cc(S(=O)(=O)Nc2ccccc2)c1F. The third-order valence-electron chi connectivity index (χ3n) is 2.56. The third kappa shape index (κ3) is 2.85. The van der Waals surface area contributed by atoms with Gasteiger partial charge in [0.05, 0.1) is 0 Å². The smallest absolute Gasteiger partial charge is 0.264 e. The summed E-state index contributed by atoms with van der Waals surface area (Å²) in [5.41, 5.74) is 6.31. The van der Waals surface area contributed by atoms with Crippen molar-refractivity contribution < 1.29 is 12.8 Å². The van der Waals surface area contributed by atoms with Crippen LogP contribution in [0.15, 0.2) is 47.4 Å². The first-order chi connectivity index (χ1) is 8.90. The molecule has 0 unspecified atom stereocenters. The maximum absolute atomic E-state index is 13.9. The molecule has 0 atom stereocenters. The van der Waals surface area contributed by atoms with Crippen LogP contribution in [0.1, 0.15) is 5.56 Å². The van der Waals surface area contributed by atoms with Crippen LogP contribution in [-0.2, 0) is 10.0 Å². The molecule has 2 rings (SSSR count). The minimum Gasteiger partial charge on any atom is -0.399 e. The highest BCUT2D eigenvalue weighted by atomic mass is 32.2. The predicted octanol–water partition coefficient (Wildman–Crippen LogP) is 2.52. The summed E-state index contributed by atoms with van der Waals surface area (Å²) in [5, 5.41) is 0. The van der Waals surface area contributed by atoms with Crippen LogP contribution in [0.4, 0.5) is 15.8 Å². The van der Waals surface area contributed by atoms with Gasteiger partial charge in [0, 0.05) is 11.4 Å². The van der Waals surface area contributed by atoms with E-state index in [9.17, 15) is 12.8 Å². The van der Waals surface area contributed by atoms with E-state index in [1.807, 2.05) is 0 Å². The van der Waals surface area contributed by atoms with Gasteiger partial charge in [0.15, 0.2) is 0 Å². The van der Waals surface area contributed by atoms with Gasteiger partial charge < -0.3 is 5.73 Å². The summed E-state index contributed by atoms with van der Waals surface area (Å²) in [6.07, 6.45) is 0. The lowest BCUT2D eigenvalue weighted by molar-refractivity contribution is 0.565. The van der Waals surface area contributed by atoms with Crippen molar-refractivity contribution >= 4 is 21.4 Å². The van der Waals surface area contributed by atoms with Gasteiger partial charge in [-0.2, -0.15) is 0 Å². The first-order valence-corrected chi connectivity index (χ1v) is 7.02. The second-order valence-corrected chi connectivity index (χ2v) is 5.77. The van der Waals surface area contributed by atoms with Gasteiger partial charge in [0.25, 0.3) is 10.0 Å². The van der Waals surface area contributed by atoms with Gasteiger partial charge in [-0.1, -0.05) is 18.2 Å². The topological polar surface area (TPSA) is 72.2 Å². The highest BCUT2D eigenvalue weighted by molar-refractivity contribution is 7.92. The van der Waals surface area contributed by atoms with Crippen LogP contribution in [0, 0.1) is 12.7 Å². The summed E-state index contributed by atoms with van der Waals surface area (Å²) in [6.45, 7) is 1.47. The minimum absolute atomic E-state index is 0.188. The van der Waals surface area contributed by atoms with Crippen molar-refractivity contribution in [2.24, 2.45) is 0 Å². The minimum atomic E-state index is -3.99. The second-order valence-electron chi connectivity index (χ2n) is 4.12. The number of anilines is 2. The fraction of sp³-hybridized carbons (Fsp3) is 0.0769. The Morgan fingerprint density at radius 2 is 1.79 bits per heavy atom. The summed E-state index contributed by atoms with van der Waals surface area (Å²) in [5.74, 6) is -0.794. The average molecular weight is 280 g/mol. The van der Waals surface area contributed by atoms with Crippen molar-refractivity contribution in [3.05, 3.63) is 53.8 Å². The Labute approximate surface area is 111 Å². The average Bonchev–Trinajstić information content (AvgIpc) is 2.34. The molecule has 2 aromatic rings. The van der Waals surface area contributed by atoms with E-state index in [-0.39, 0.29) is 11.3 Å². The molecule has 0 aliphatic heterocycles. The molecule has 0 aromatic heterocycles. The molecule has 0 amide bonds. The van der Waals surface area contributed by atoms with Gasteiger partial charge in [-0.3, -0.25) is 4.72 Å². The number of nitrogens with one attached hydrogen (secondary N) is 1. The lowest BCUT2D eigenvalue weighted by Crippen LogP contribution is -2.15. The number of aryl methyl sites for hydroxylation is 1. The maximum Gasteiger partial charge on any atom is 0.264 e. The number of para-hydroxylation sites is 1. The zero-order chi connectivity index (χ0) is 14.0. The number of hydrogen-bond acceptors (Lipinski definition) is 3. The molecule has 0 saturated carbocycles. The lowest BCUT2D eigenvalue weighted by Gasteiger charge is -2.10. The molecular weight excluding hydrogens is 267 g/mol. The molecule has 0 spiro atoms. The zero-order valence-corrected chi connectivity index (χ0v) is 11.0. The fourth-order valence-electron chi connectivity index (χ4n) is 1.68. The normalized spacial score (nSPS) is 11.3. The van der Waals surface area contributed by atoms with Crippen molar-refractivity contribution in [2.45, 2.75) is 11.8 Å². The van der Waals surface area contributed by atoms with E-state index in [1.165, 1.54) is 13.0 Å². The standard InChI is InChI=1S/C13H13FN2O2S/c1-9-7-10(15)8-12(13(9)14)19(17,18)16-11-5-3-2-4-6-11/h2-8,16H,15H2,1H3. The Bertz CT molecular complexity index is 700. The largest absolute Gasteiger partial charge is 0.399 e. The van der Waals surface area contributed by atoms with Crippen LogP contribution in [0.25, 0.3) is 0 Å². The molecule has 0 heterocycles. The maximum atomic E-state index is 13.9. The Morgan fingerprint density at radius 3 is 2.42 bits per heavy atom. The van der Waals surface area contributed by atoms with Crippen LogP contribution >= 0.6 is 0 Å². The van der Waals surface area contributed by atoms with Crippen molar-refractivity contribution in [1.82, 2.24) is 0 Å². The molecule has 2 aromatic carbocycles. The monoisotopic (exact) mass is 280 g/mol. The van der Waals surface area contributed by atoms with Crippen LogP contribution in [0.2, 0.25) is 0 Å². The zero-order valence-electron chi connectivity index (χ0n) is 10.2. The first kappa shape index (κ1) is 13.4. The number of benzene rings is 2.